The van der Waals surface area contributed by atoms with Crippen LogP contribution in [0.5, 0.6) is 0 Å². The van der Waals surface area contributed by atoms with Gasteiger partial charge in [-0.2, -0.15) is 5.10 Å². The fourth-order valence-corrected chi connectivity index (χ4v) is 1.59. The zero-order chi connectivity index (χ0) is 10.9. The summed E-state index contributed by atoms with van der Waals surface area (Å²) in [5, 5.41) is 15.4. The average molecular weight is 204 g/mol. The highest BCUT2D eigenvalue weighted by Crippen LogP contribution is 2.17. The standard InChI is InChI=1S/C12H16N2O/c1-3-12(2,15)9-14-11-7-5-4-6-10(11)8-13-14/h4-8,15H,3,9H2,1-2H3. The Labute approximate surface area is 89.3 Å². The van der Waals surface area contributed by atoms with Gasteiger partial charge in [0.2, 0.25) is 0 Å². The number of hydrogen-bond donors (Lipinski definition) is 1. The van der Waals surface area contributed by atoms with Gasteiger partial charge in [-0.1, -0.05) is 25.1 Å². The maximum Gasteiger partial charge on any atom is 0.0812 e. The second kappa shape index (κ2) is 3.66. The molecule has 0 amide bonds. The molecule has 1 atom stereocenters. The molecule has 80 valence electrons. The van der Waals surface area contributed by atoms with E-state index in [1.807, 2.05) is 49.0 Å². The third kappa shape index (κ3) is 2.02. The normalized spacial score (nSPS) is 15.4. The van der Waals surface area contributed by atoms with Gasteiger partial charge in [-0.3, -0.25) is 4.68 Å². The molecule has 0 aliphatic heterocycles. The van der Waals surface area contributed by atoms with E-state index in [1.54, 1.807) is 0 Å². The van der Waals surface area contributed by atoms with Crippen LogP contribution in [0.15, 0.2) is 30.5 Å². The SMILES string of the molecule is CCC(C)(O)Cn1ncc2ccccc21. The third-order valence-electron chi connectivity index (χ3n) is 2.80. The van der Waals surface area contributed by atoms with Gasteiger partial charge in [0.05, 0.1) is 23.9 Å². The van der Waals surface area contributed by atoms with Gasteiger partial charge < -0.3 is 5.11 Å². The molecule has 0 spiro atoms. The van der Waals surface area contributed by atoms with Crippen LogP contribution < -0.4 is 0 Å². The minimum absolute atomic E-state index is 0.539. The van der Waals surface area contributed by atoms with Gasteiger partial charge in [-0.15, -0.1) is 0 Å². The Hall–Kier alpha value is -1.35. The zero-order valence-electron chi connectivity index (χ0n) is 9.14. The van der Waals surface area contributed by atoms with Crippen LogP contribution in [0.25, 0.3) is 10.9 Å². The van der Waals surface area contributed by atoms with E-state index in [0.717, 1.165) is 17.3 Å². The van der Waals surface area contributed by atoms with E-state index in [4.69, 9.17) is 0 Å². The van der Waals surface area contributed by atoms with Gasteiger partial charge in [-0.25, -0.2) is 0 Å². The van der Waals surface area contributed by atoms with E-state index in [1.165, 1.54) is 0 Å². The van der Waals surface area contributed by atoms with Crippen molar-refractivity contribution in [3.63, 3.8) is 0 Å². The first-order valence-corrected chi connectivity index (χ1v) is 5.25. The van der Waals surface area contributed by atoms with Crippen molar-refractivity contribution in [3.8, 4) is 0 Å². The lowest BCUT2D eigenvalue weighted by atomic mass is 10.0. The number of aliphatic hydroxyl groups is 1. The fraction of sp³-hybridized carbons (Fsp3) is 0.417. The quantitative estimate of drug-likeness (QED) is 0.832. The van der Waals surface area contributed by atoms with Crippen LogP contribution in [0.2, 0.25) is 0 Å². The number of aromatic nitrogens is 2. The highest BCUT2D eigenvalue weighted by atomic mass is 16.3. The van der Waals surface area contributed by atoms with E-state index in [-0.39, 0.29) is 0 Å². The highest BCUT2D eigenvalue weighted by molar-refractivity contribution is 5.78. The van der Waals surface area contributed by atoms with Crippen molar-refractivity contribution in [3.05, 3.63) is 30.5 Å². The van der Waals surface area contributed by atoms with Crippen LogP contribution in [0.3, 0.4) is 0 Å². The molecule has 2 aromatic rings. The Bertz CT molecular complexity index is 459. The van der Waals surface area contributed by atoms with Crippen molar-refractivity contribution >= 4 is 10.9 Å². The molecule has 0 fully saturated rings. The van der Waals surface area contributed by atoms with Gasteiger partial charge in [0, 0.05) is 5.39 Å². The third-order valence-corrected chi connectivity index (χ3v) is 2.80. The molecule has 0 aliphatic carbocycles. The van der Waals surface area contributed by atoms with Crippen LogP contribution in [0.1, 0.15) is 20.3 Å². The lowest BCUT2D eigenvalue weighted by Gasteiger charge is -2.21. The molecule has 0 radical (unpaired) electrons. The molecule has 3 nitrogen and oxygen atoms in total. The van der Waals surface area contributed by atoms with Gasteiger partial charge in [0.1, 0.15) is 0 Å². The van der Waals surface area contributed by atoms with Gasteiger partial charge in [-0.05, 0) is 19.4 Å². The van der Waals surface area contributed by atoms with Crippen LogP contribution in [0, 0.1) is 0 Å². The van der Waals surface area contributed by atoms with E-state index < -0.39 is 5.60 Å². The molecule has 1 aromatic carbocycles. The molecular weight excluding hydrogens is 188 g/mol. The number of para-hydroxylation sites is 1. The Kier molecular flexibility index (Phi) is 2.49. The molecule has 1 heterocycles. The second-order valence-corrected chi connectivity index (χ2v) is 4.21. The first kappa shape index (κ1) is 10.2. The lowest BCUT2D eigenvalue weighted by molar-refractivity contribution is 0.0358. The van der Waals surface area contributed by atoms with E-state index in [0.29, 0.717) is 6.54 Å². The summed E-state index contributed by atoms with van der Waals surface area (Å²) in [5.74, 6) is 0. The van der Waals surface area contributed by atoms with Crippen molar-refractivity contribution in [1.82, 2.24) is 9.78 Å². The Morgan fingerprint density at radius 1 is 1.40 bits per heavy atom. The summed E-state index contributed by atoms with van der Waals surface area (Å²) in [6.45, 7) is 4.35. The number of hydrogen-bond acceptors (Lipinski definition) is 2. The Morgan fingerprint density at radius 3 is 2.87 bits per heavy atom. The van der Waals surface area contributed by atoms with Crippen molar-refractivity contribution in [1.29, 1.82) is 0 Å². The topological polar surface area (TPSA) is 38.0 Å². The van der Waals surface area contributed by atoms with Crippen molar-refractivity contribution in [2.24, 2.45) is 0 Å². The first-order chi connectivity index (χ1) is 7.12. The van der Waals surface area contributed by atoms with Crippen LogP contribution in [-0.2, 0) is 6.54 Å². The molecule has 1 unspecified atom stereocenters. The summed E-state index contributed by atoms with van der Waals surface area (Å²) < 4.78 is 1.86. The Balaban J connectivity index is 2.37. The van der Waals surface area contributed by atoms with Crippen LogP contribution in [0.4, 0.5) is 0 Å². The molecule has 1 aromatic heterocycles. The van der Waals surface area contributed by atoms with Crippen molar-refractivity contribution < 1.29 is 5.11 Å². The number of benzene rings is 1. The molecule has 2 rings (SSSR count). The fourth-order valence-electron chi connectivity index (χ4n) is 1.59. The minimum Gasteiger partial charge on any atom is -0.388 e. The summed E-state index contributed by atoms with van der Waals surface area (Å²) in [6, 6.07) is 8.03. The maximum atomic E-state index is 9.99. The Morgan fingerprint density at radius 2 is 2.13 bits per heavy atom. The summed E-state index contributed by atoms with van der Waals surface area (Å²) in [4.78, 5) is 0. The molecule has 0 bridgehead atoms. The molecule has 3 heteroatoms. The molecule has 0 saturated heterocycles. The zero-order valence-corrected chi connectivity index (χ0v) is 9.14. The smallest absolute Gasteiger partial charge is 0.0812 e. The minimum atomic E-state index is -0.686. The predicted molar refractivity (Wildman–Crippen MR) is 60.6 cm³/mol. The number of rotatable bonds is 3. The molecular formula is C12H16N2O. The van der Waals surface area contributed by atoms with Crippen molar-refractivity contribution in [2.45, 2.75) is 32.4 Å². The first-order valence-electron chi connectivity index (χ1n) is 5.25. The number of fused-ring (bicyclic) bond motifs is 1. The van der Waals surface area contributed by atoms with E-state index >= 15 is 0 Å². The monoisotopic (exact) mass is 204 g/mol. The second-order valence-electron chi connectivity index (χ2n) is 4.21. The maximum absolute atomic E-state index is 9.99. The summed E-state index contributed by atoms with van der Waals surface area (Å²) in [7, 11) is 0. The largest absolute Gasteiger partial charge is 0.388 e. The summed E-state index contributed by atoms with van der Waals surface area (Å²) >= 11 is 0. The van der Waals surface area contributed by atoms with Gasteiger partial charge >= 0.3 is 0 Å². The molecule has 15 heavy (non-hydrogen) atoms. The highest BCUT2D eigenvalue weighted by Gasteiger charge is 2.19. The van der Waals surface area contributed by atoms with Crippen molar-refractivity contribution in [2.75, 3.05) is 0 Å². The summed E-state index contributed by atoms with van der Waals surface area (Å²) in [6.07, 6.45) is 2.56. The molecule has 1 N–H and O–H groups in total. The predicted octanol–water partition coefficient (Wildman–Crippen LogP) is 2.20. The van der Waals surface area contributed by atoms with Gasteiger partial charge in [0.15, 0.2) is 0 Å². The van der Waals surface area contributed by atoms with Crippen LogP contribution >= 0.6 is 0 Å². The molecule has 0 saturated carbocycles. The molecule has 0 aliphatic rings. The average Bonchev–Trinajstić information content (AvgIpc) is 2.62. The van der Waals surface area contributed by atoms with Gasteiger partial charge in [0.25, 0.3) is 0 Å². The van der Waals surface area contributed by atoms with Crippen LogP contribution in [-0.4, -0.2) is 20.5 Å². The summed E-state index contributed by atoms with van der Waals surface area (Å²) in [5.41, 5.74) is 0.389. The van der Waals surface area contributed by atoms with E-state index in [2.05, 4.69) is 5.10 Å². The number of nitrogens with zero attached hydrogens (tertiary/aromatic N) is 2. The van der Waals surface area contributed by atoms with E-state index in [9.17, 15) is 5.11 Å². The lowest BCUT2D eigenvalue weighted by Crippen LogP contribution is -2.29.